The maximum atomic E-state index is 12.9. The second kappa shape index (κ2) is 8.76. The minimum absolute atomic E-state index is 0.314. The number of allylic oxidation sites excluding steroid dienone is 1. The number of carbonyl (C=O) groups is 1. The van der Waals surface area contributed by atoms with Gasteiger partial charge < -0.3 is 4.42 Å². The Hall–Kier alpha value is -3.70. The number of hydrazone groups is 1. The van der Waals surface area contributed by atoms with E-state index in [0.717, 1.165) is 27.8 Å². The molecule has 4 rings (SSSR count). The van der Waals surface area contributed by atoms with Crippen LogP contribution in [-0.2, 0) is 0 Å². The van der Waals surface area contributed by atoms with Crippen LogP contribution in [-0.4, -0.2) is 17.1 Å². The maximum absolute atomic E-state index is 12.9. The van der Waals surface area contributed by atoms with Gasteiger partial charge >= 0.3 is 0 Å². The average Bonchev–Trinajstić information content (AvgIpc) is 3.26. The minimum atomic E-state index is -0.314. The fraction of sp³-hybridized carbons (Fsp3) is 0.0417. The molecule has 0 aliphatic heterocycles. The lowest BCUT2D eigenvalue weighted by atomic mass is 10.0. The summed E-state index contributed by atoms with van der Waals surface area (Å²) in [5.74, 6) is 0.406. The molecular formula is C24H18ClN3O2. The molecule has 30 heavy (non-hydrogen) atoms. The molecule has 6 heteroatoms. The maximum Gasteiger partial charge on any atom is 0.272 e. The molecule has 0 saturated carbocycles. The van der Waals surface area contributed by atoms with Crippen molar-refractivity contribution >= 4 is 40.7 Å². The number of para-hydroxylation sites is 1. The molecular weight excluding hydrogens is 398 g/mol. The van der Waals surface area contributed by atoms with Crippen molar-refractivity contribution in [3.8, 4) is 11.3 Å². The van der Waals surface area contributed by atoms with Gasteiger partial charge in [-0.15, -0.1) is 0 Å². The van der Waals surface area contributed by atoms with Gasteiger partial charge in [0, 0.05) is 16.0 Å². The van der Waals surface area contributed by atoms with Gasteiger partial charge in [0.2, 0.25) is 0 Å². The van der Waals surface area contributed by atoms with Crippen molar-refractivity contribution < 1.29 is 9.21 Å². The average molecular weight is 416 g/mol. The number of rotatable bonds is 5. The Morgan fingerprint density at radius 2 is 1.90 bits per heavy atom. The summed E-state index contributed by atoms with van der Waals surface area (Å²) in [4.78, 5) is 17.6. The summed E-state index contributed by atoms with van der Waals surface area (Å²) in [5, 5.41) is 5.48. The van der Waals surface area contributed by atoms with Gasteiger partial charge in [0.25, 0.3) is 5.91 Å². The number of nitrogens with one attached hydrogen (secondary N) is 1. The first-order valence-electron chi connectivity index (χ1n) is 9.31. The van der Waals surface area contributed by atoms with Crippen molar-refractivity contribution in [2.24, 2.45) is 5.10 Å². The molecule has 0 atom stereocenters. The first kappa shape index (κ1) is 19.6. The zero-order valence-corrected chi connectivity index (χ0v) is 16.9. The van der Waals surface area contributed by atoms with Crippen LogP contribution in [0.25, 0.3) is 28.2 Å². The molecule has 2 heterocycles. The smallest absolute Gasteiger partial charge is 0.272 e. The predicted octanol–water partition coefficient (Wildman–Crippen LogP) is 5.97. The van der Waals surface area contributed by atoms with Crippen LogP contribution < -0.4 is 5.43 Å². The van der Waals surface area contributed by atoms with Crippen molar-refractivity contribution in [3.63, 3.8) is 0 Å². The molecule has 0 aliphatic carbocycles. The van der Waals surface area contributed by atoms with Crippen LogP contribution in [0.3, 0.4) is 0 Å². The molecule has 0 saturated heterocycles. The largest absolute Gasteiger partial charge is 0.465 e. The van der Waals surface area contributed by atoms with Gasteiger partial charge in [0.15, 0.2) is 0 Å². The summed E-state index contributed by atoms with van der Waals surface area (Å²) in [6.45, 7) is 1.87. The topological polar surface area (TPSA) is 67.5 Å². The van der Waals surface area contributed by atoms with Gasteiger partial charge in [-0.3, -0.25) is 4.79 Å². The molecule has 1 N–H and O–H groups in total. The molecule has 4 aromatic rings. The highest BCUT2D eigenvalue weighted by Gasteiger charge is 2.13. The highest BCUT2D eigenvalue weighted by molar-refractivity contribution is 6.30. The normalized spacial score (nSPS) is 11.9. The monoisotopic (exact) mass is 415 g/mol. The van der Waals surface area contributed by atoms with Crippen LogP contribution in [0, 0.1) is 0 Å². The number of amides is 1. The number of hydrogen-bond acceptors (Lipinski definition) is 4. The van der Waals surface area contributed by atoms with Crippen molar-refractivity contribution in [3.05, 3.63) is 94.9 Å². The summed E-state index contributed by atoms with van der Waals surface area (Å²) < 4.78 is 5.27. The standard InChI is InChI=1S/C24H18ClN3O2/c1-16(13-19-5-4-12-30-19)15-26-28-24(29)21-14-23(17-8-10-18(25)11-9-17)27-22-7-3-2-6-20(21)22/h2-15H,1H3,(H,28,29)/b16-13+,26-15?. The van der Waals surface area contributed by atoms with E-state index < -0.39 is 0 Å². The minimum Gasteiger partial charge on any atom is -0.465 e. The third kappa shape index (κ3) is 4.47. The first-order chi connectivity index (χ1) is 14.6. The van der Waals surface area contributed by atoms with Crippen LogP contribution in [0.15, 0.2) is 88.1 Å². The zero-order valence-electron chi connectivity index (χ0n) is 16.2. The van der Waals surface area contributed by atoms with E-state index in [1.165, 1.54) is 0 Å². The summed E-state index contributed by atoms with van der Waals surface area (Å²) >= 11 is 5.99. The number of nitrogens with zero attached hydrogens (tertiary/aromatic N) is 2. The Morgan fingerprint density at radius 1 is 1.10 bits per heavy atom. The molecule has 0 spiro atoms. The molecule has 2 aromatic carbocycles. The highest BCUT2D eigenvalue weighted by Crippen LogP contribution is 2.26. The molecule has 0 bridgehead atoms. The Bertz CT molecular complexity index is 1240. The van der Waals surface area contributed by atoms with Gasteiger partial charge in [-0.25, -0.2) is 10.4 Å². The summed E-state index contributed by atoms with van der Waals surface area (Å²) in [7, 11) is 0. The van der Waals surface area contributed by atoms with Crippen molar-refractivity contribution in [1.29, 1.82) is 0 Å². The number of benzene rings is 2. The van der Waals surface area contributed by atoms with E-state index in [9.17, 15) is 4.79 Å². The third-order valence-corrected chi connectivity index (χ3v) is 4.70. The molecule has 0 unspecified atom stereocenters. The van der Waals surface area contributed by atoms with E-state index in [1.54, 1.807) is 30.7 Å². The Balaban J connectivity index is 1.63. The van der Waals surface area contributed by atoms with E-state index in [0.29, 0.717) is 16.3 Å². The van der Waals surface area contributed by atoms with E-state index in [4.69, 9.17) is 16.0 Å². The Morgan fingerprint density at radius 3 is 2.67 bits per heavy atom. The fourth-order valence-corrected chi connectivity index (χ4v) is 3.15. The number of fused-ring (bicyclic) bond motifs is 1. The lowest BCUT2D eigenvalue weighted by molar-refractivity contribution is 0.0956. The molecule has 1 amide bonds. The van der Waals surface area contributed by atoms with E-state index >= 15 is 0 Å². The molecule has 5 nitrogen and oxygen atoms in total. The SMILES string of the molecule is C/C(C=NNC(=O)c1cc(-c2ccc(Cl)cc2)nc2ccccc12)=C\c1ccco1. The van der Waals surface area contributed by atoms with Gasteiger partial charge in [0.05, 0.1) is 29.3 Å². The second-order valence-corrected chi connectivity index (χ2v) is 7.12. The van der Waals surface area contributed by atoms with Crippen LogP contribution in [0.5, 0.6) is 0 Å². The van der Waals surface area contributed by atoms with Crippen molar-refractivity contribution in [1.82, 2.24) is 10.4 Å². The summed E-state index contributed by atoms with van der Waals surface area (Å²) in [5.41, 5.74) is 6.23. The molecule has 2 aromatic heterocycles. The Kier molecular flexibility index (Phi) is 5.72. The predicted molar refractivity (Wildman–Crippen MR) is 121 cm³/mol. The zero-order chi connectivity index (χ0) is 20.9. The van der Waals surface area contributed by atoms with Crippen LogP contribution in [0.4, 0.5) is 0 Å². The van der Waals surface area contributed by atoms with Crippen molar-refractivity contribution in [2.45, 2.75) is 6.92 Å². The molecule has 0 aliphatic rings. The van der Waals surface area contributed by atoms with Gasteiger partial charge in [-0.1, -0.05) is 41.9 Å². The number of hydrogen-bond donors (Lipinski definition) is 1. The lowest BCUT2D eigenvalue weighted by Gasteiger charge is -2.09. The fourth-order valence-electron chi connectivity index (χ4n) is 3.02. The third-order valence-electron chi connectivity index (χ3n) is 4.45. The van der Waals surface area contributed by atoms with E-state index in [2.05, 4.69) is 15.5 Å². The quantitative estimate of drug-likeness (QED) is 0.322. The number of aromatic nitrogens is 1. The van der Waals surface area contributed by atoms with Gasteiger partial charge in [-0.05, 0) is 55.0 Å². The van der Waals surface area contributed by atoms with Crippen LogP contribution >= 0.6 is 11.6 Å². The molecule has 148 valence electrons. The number of furan rings is 1. The molecule has 0 fully saturated rings. The number of pyridine rings is 1. The second-order valence-electron chi connectivity index (χ2n) is 6.68. The van der Waals surface area contributed by atoms with Crippen molar-refractivity contribution in [2.75, 3.05) is 0 Å². The first-order valence-corrected chi connectivity index (χ1v) is 9.69. The number of carbonyl (C=O) groups excluding carboxylic acids is 1. The highest BCUT2D eigenvalue weighted by atomic mass is 35.5. The summed E-state index contributed by atoms with van der Waals surface area (Å²) in [6.07, 6.45) is 5.00. The van der Waals surface area contributed by atoms with E-state index in [-0.39, 0.29) is 5.91 Å². The molecule has 0 radical (unpaired) electrons. The number of halogens is 1. The van der Waals surface area contributed by atoms with Gasteiger partial charge in [-0.2, -0.15) is 5.10 Å². The van der Waals surface area contributed by atoms with Crippen LogP contribution in [0.2, 0.25) is 5.02 Å². The van der Waals surface area contributed by atoms with Gasteiger partial charge in [0.1, 0.15) is 5.76 Å². The van der Waals surface area contributed by atoms with Crippen LogP contribution in [0.1, 0.15) is 23.0 Å². The lowest BCUT2D eigenvalue weighted by Crippen LogP contribution is -2.18. The summed E-state index contributed by atoms with van der Waals surface area (Å²) in [6, 6.07) is 20.3. The Labute approximate surface area is 178 Å². The van der Waals surface area contributed by atoms with E-state index in [1.807, 2.05) is 61.5 Å².